The quantitative estimate of drug-likeness (QED) is 0.827. The fraction of sp³-hybridized carbons (Fsp3) is 0.500. The van der Waals surface area contributed by atoms with Crippen molar-refractivity contribution in [3.05, 3.63) is 23.7 Å². The molecule has 0 aliphatic heterocycles. The summed E-state index contributed by atoms with van der Waals surface area (Å²) in [4.78, 5) is 11.9. The maximum Gasteiger partial charge on any atom is 0.255 e. The molecule has 1 aliphatic carbocycles. The van der Waals surface area contributed by atoms with Gasteiger partial charge in [-0.25, -0.2) is 0 Å². The SMILES string of the molecule is Cc1cc(C(=O)NC2(C#N)CCCC2)co1. The maximum absolute atomic E-state index is 11.9. The molecule has 4 heteroatoms. The lowest BCUT2D eigenvalue weighted by Crippen LogP contribution is -2.44. The van der Waals surface area contributed by atoms with Crippen LogP contribution in [-0.2, 0) is 0 Å². The number of amides is 1. The van der Waals surface area contributed by atoms with Gasteiger partial charge >= 0.3 is 0 Å². The van der Waals surface area contributed by atoms with Crippen molar-refractivity contribution in [1.82, 2.24) is 5.32 Å². The summed E-state index contributed by atoms with van der Waals surface area (Å²) in [5, 5.41) is 11.9. The van der Waals surface area contributed by atoms with E-state index in [0.29, 0.717) is 11.3 Å². The van der Waals surface area contributed by atoms with Crippen LogP contribution in [0.2, 0.25) is 0 Å². The molecule has 0 spiro atoms. The van der Waals surface area contributed by atoms with Crippen LogP contribution in [0.4, 0.5) is 0 Å². The second-order valence-corrected chi connectivity index (χ2v) is 4.30. The molecule has 1 heterocycles. The zero-order valence-corrected chi connectivity index (χ0v) is 9.25. The molecule has 1 fully saturated rings. The van der Waals surface area contributed by atoms with E-state index in [1.807, 2.05) is 0 Å². The second kappa shape index (κ2) is 4.01. The van der Waals surface area contributed by atoms with Crippen LogP contribution in [-0.4, -0.2) is 11.4 Å². The minimum Gasteiger partial charge on any atom is -0.469 e. The van der Waals surface area contributed by atoms with Gasteiger partial charge in [0, 0.05) is 0 Å². The molecule has 0 radical (unpaired) electrons. The number of rotatable bonds is 2. The van der Waals surface area contributed by atoms with E-state index in [9.17, 15) is 4.79 Å². The van der Waals surface area contributed by atoms with Gasteiger partial charge in [0.1, 0.15) is 17.6 Å². The summed E-state index contributed by atoms with van der Waals surface area (Å²) in [6, 6.07) is 3.90. The van der Waals surface area contributed by atoms with Crippen molar-refractivity contribution in [3.63, 3.8) is 0 Å². The number of carbonyl (C=O) groups excluding carboxylic acids is 1. The topological polar surface area (TPSA) is 66.0 Å². The molecule has 84 valence electrons. The normalized spacial score (nSPS) is 18.0. The van der Waals surface area contributed by atoms with Crippen molar-refractivity contribution < 1.29 is 9.21 Å². The average Bonchev–Trinajstić information content (AvgIpc) is 2.88. The Balaban J connectivity index is 2.10. The van der Waals surface area contributed by atoms with Crippen LogP contribution in [0.1, 0.15) is 41.8 Å². The van der Waals surface area contributed by atoms with Gasteiger partial charge in [-0.3, -0.25) is 4.79 Å². The van der Waals surface area contributed by atoms with E-state index in [1.54, 1.807) is 13.0 Å². The molecule has 0 atom stereocenters. The van der Waals surface area contributed by atoms with E-state index < -0.39 is 5.54 Å². The van der Waals surface area contributed by atoms with Gasteiger partial charge in [-0.2, -0.15) is 5.26 Å². The summed E-state index contributed by atoms with van der Waals surface area (Å²) in [6.45, 7) is 1.78. The minimum absolute atomic E-state index is 0.222. The first kappa shape index (κ1) is 10.7. The summed E-state index contributed by atoms with van der Waals surface area (Å²) in [5.41, 5.74) is -0.179. The number of furan rings is 1. The Morgan fingerprint density at radius 3 is 2.75 bits per heavy atom. The lowest BCUT2D eigenvalue weighted by atomic mass is 9.99. The standard InChI is InChI=1S/C12H14N2O2/c1-9-6-10(7-16-9)11(15)14-12(8-13)4-2-3-5-12/h6-7H,2-5H2,1H3,(H,14,15). The molecule has 16 heavy (non-hydrogen) atoms. The summed E-state index contributed by atoms with van der Waals surface area (Å²) in [6.07, 6.45) is 4.90. The molecule has 0 saturated heterocycles. The number of nitrogens with zero attached hydrogens (tertiary/aromatic N) is 1. The van der Waals surface area contributed by atoms with Crippen LogP contribution >= 0.6 is 0 Å². The Kier molecular flexibility index (Phi) is 2.69. The van der Waals surface area contributed by atoms with Gasteiger partial charge in [0.15, 0.2) is 0 Å². The molecule has 1 aromatic rings. The Bertz CT molecular complexity index is 436. The molecule has 2 rings (SSSR count). The van der Waals surface area contributed by atoms with E-state index in [-0.39, 0.29) is 5.91 Å². The third kappa shape index (κ3) is 1.94. The van der Waals surface area contributed by atoms with E-state index in [0.717, 1.165) is 25.7 Å². The third-order valence-corrected chi connectivity index (χ3v) is 3.02. The van der Waals surface area contributed by atoms with Crippen LogP contribution in [0.25, 0.3) is 0 Å². The zero-order valence-electron chi connectivity index (χ0n) is 9.25. The Morgan fingerprint density at radius 2 is 2.25 bits per heavy atom. The molecule has 0 aromatic carbocycles. The van der Waals surface area contributed by atoms with Crippen LogP contribution in [0.3, 0.4) is 0 Å². The Morgan fingerprint density at radius 1 is 1.56 bits per heavy atom. The molecule has 1 aromatic heterocycles. The fourth-order valence-corrected chi connectivity index (χ4v) is 2.10. The summed E-state index contributed by atoms with van der Waals surface area (Å²) < 4.78 is 5.07. The number of nitrogens with one attached hydrogen (secondary N) is 1. The third-order valence-electron chi connectivity index (χ3n) is 3.02. The molecular formula is C12H14N2O2. The Hall–Kier alpha value is -1.76. The monoisotopic (exact) mass is 218 g/mol. The molecule has 1 saturated carbocycles. The predicted molar refractivity (Wildman–Crippen MR) is 57.7 cm³/mol. The molecule has 1 aliphatic rings. The Labute approximate surface area is 94.2 Å². The smallest absolute Gasteiger partial charge is 0.255 e. The van der Waals surface area contributed by atoms with Gasteiger partial charge in [0.05, 0.1) is 11.6 Å². The van der Waals surface area contributed by atoms with Crippen molar-refractivity contribution in [2.45, 2.75) is 38.1 Å². The van der Waals surface area contributed by atoms with Crippen molar-refractivity contribution in [2.75, 3.05) is 0 Å². The van der Waals surface area contributed by atoms with Crippen molar-refractivity contribution in [2.24, 2.45) is 0 Å². The maximum atomic E-state index is 11.9. The largest absolute Gasteiger partial charge is 0.469 e. The molecule has 0 bridgehead atoms. The van der Waals surface area contributed by atoms with E-state index in [1.165, 1.54) is 6.26 Å². The minimum atomic E-state index is -0.664. The van der Waals surface area contributed by atoms with Crippen LogP contribution in [0, 0.1) is 18.3 Å². The van der Waals surface area contributed by atoms with Gasteiger partial charge in [-0.15, -0.1) is 0 Å². The number of aryl methyl sites for hydroxylation is 1. The fourth-order valence-electron chi connectivity index (χ4n) is 2.10. The number of hydrogen-bond acceptors (Lipinski definition) is 3. The van der Waals surface area contributed by atoms with Crippen LogP contribution in [0.15, 0.2) is 16.7 Å². The highest BCUT2D eigenvalue weighted by Crippen LogP contribution is 2.29. The lowest BCUT2D eigenvalue weighted by molar-refractivity contribution is 0.0920. The van der Waals surface area contributed by atoms with Crippen molar-refractivity contribution >= 4 is 5.91 Å². The van der Waals surface area contributed by atoms with Gasteiger partial charge in [-0.1, -0.05) is 0 Å². The van der Waals surface area contributed by atoms with Gasteiger partial charge < -0.3 is 9.73 Å². The molecular weight excluding hydrogens is 204 g/mol. The highest BCUT2D eigenvalue weighted by Gasteiger charge is 2.35. The van der Waals surface area contributed by atoms with Crippen LogP contribution in [0.5, 0.6) is 0 Å². The number of nitriles is 1. The van der Waals surface area contributed by atoms with E-state index in [2.05, 4.69) is 11.4 Å². The second-order valence-electron chi connectivity index (χ2n) is 4.30. The average molecular weight is 218 g/mol. The van der Waals surface area contributed by atoms with Gasteiger partial charge in [0.2, 0.25) is 0 Å². The van der Waals surface area contributed by atoms with Crippen molar-refractivity contribution in [1.29, 1.82) is 5.26 Å². The zero-order chi connectivity index (χ0) is 11.6. The highest BCUT2D eigenvalue weighted by atomic mass is 16.3. The summed E-state index contributed by atoms with van der Waals surface area (Å²) in [7, 11) is 0. The number of carbonyl (C=O) groups is 1. The van der Waals surface area contributed by atoms with Crippen molar-refractivity contribution in [3.8, 4) is 6.07 Å². The molecule has 0 unspecified atom stereocenters. The van der Waals surface area contributed by atoms with Gasteiger partial charge in [-0.05, 0) is 38.7 Å². The summed E-state index contributed by atoms with van der Waals surface area (Å²) in [5.74, 6) is 0.475. The highest BCUT2D eigenvalue weighted by molar-refractivity contribution is 5.94. The molecule has 1 N–H and O–H groups in total. The first-order valence-corrected chi connectivity index (χ1v) is 5.44. The number of hydrogen-bond donors (Lipinski definition) is 1. The van der Waals surface area contributed by atoms with Gasteiger partial charge in [0.25, 0.3) is 5.91 Å². The lowest BCUT2D eigenvalue weighted by Gasteiger charge is -2.21. The van der Waals surface area contributed by atoms with E-state index in [4.69, 9.17) is 9.68 Å². The van der Waals surface area contributed by atoms with Crippen LogP contribution < -0.4 is 5.32 Å². The summed E-state index contributed by atoms with van der Waals surface area (Å²) >= 11 is 0. The molecule has 4 nitrogen and oxygen atoms in total. The molecule has 1 amide bonds. The first-order valence-electron chi connectivity index (χ1n) is 5.44. The first-order chi connectivity index (χ1) is 7.65. The predicted octanol–water partition coefficient (Wildman–Crippen LogP) is 2.15. The van der Waals surface area contributed by atoms with E-state index >= 15 is 0 Å².